The summed E-state index contributed by atoms with van der Waals surface area (Å²) in [5, 5.41) is 2.81. The Morgan fingerprint density at radius 3 is 2.38 bits per heavy atom. The molecule has 0 spiro atoms. The zero-order valence-electron chi connectivity index (χ0n) is 14.9. The maximum Gasteiger partial charge on any atom is 0.251 e. The smallest absolute Gasteiger partial charge is 0.251 e. The molecule has 2 aromatic rings. The lowest BCUT2D eigenvalue weighted by atomic mass is 10.2. The molecule has 0 aliphatic carbocycles. The van der Waals surface area contributed by atoms with Crippen LogP contribution in [0.1, 0.15) is 17.3 Å². The van der Waals surface area contributed by atoms with E-state index in [1.165, 1.54) is 6.07 Å². The third kappa shape index (κ3) is 6.29. The molecule has 1 atom stereocenters. The van der Waals surface area contributed by atoms with Gasteiger partial charge in [0, 0.05) is 11.3 Å². The number of rotatable bonds is 8. The molecule has 0 aliphatic rings. The highest BCUT2D eigenvalue weighted by atomic mass is 32.2. The van der Waals surface area contributed by atoms with E-state index in [4.69, 9.17) is 9.47 Å². The summed E-state index contributed by atoms with van der Waals surface area (Å²) in [6, 6.07) is 13.2. The van der Waals surface area contributed by atoms with Gasteiger partial charge in [0.15, 0.2) is 0 Å². The lowest BCUT2D eigenvalue weighted by molar-refractivity contribution is 0.0926. The number of ether oxygens (including phenoxy) is 2. The molecule has 0 fully saturated rings. The van der Waals surface area contributed by atoms with Crippen LogP contribution in [-0.4, -0.2) is 40.3 Å². The molecule has 0 radical (unpaired) electrons. The average molecular weight is 378 g/mol. The lowest BCUT2D eigenvalue weighted by Crippen LogP contribution is -2.36. The van der Waals surface area contributed by atoms with Crippen molar-refractivity contribution in [3.63, 3.8) is 0 Å². The quantitative estimate of drug-likeness (QED) is 0.735. The van der Waals surface area contributed by atoms with E-state index in [9.17, 15) is 13.2 Å². The highest BCUT2D eigenvalue weighted by Crippen LogP contribution is 2.17. The van der Waals surface area contributed by atoms with Crippen molar-refractivity contribution in [2.24, 2.45) is 0 Å². The molecule has 0 aliphatic heterocycles. The number of amides is 1. The number of benzene rings is 2. The first-order valence-corrected chi connectivity index (χ1v) is 9.81. The Labute approximate surface area is 153 Å². The number of nitrogens with one attached hydrogen (secondary N) is 2. The van der Waals surface area contributed by atoms with E-state index in [1.807, 2.05) is 6.92 Å². The minimum atomic E-state index is -3.40. The Bertz CT molecular complexity index is 850. The van der Waals surface area contributed by atoms with Gasteiger partial charge in [0.25, 0.3) is 5.91 Å². The molecule has 0 bridgehead atoms. The monoisotopic (exact) mass is 378 g/mol. The molecule has 2 rings (SSSR count). The van der Waals surface area contributed by atoms with E-state index in [1.54, 1.807) is 49.6 Å². The molecule has 7 nitrogen and oxygen atoms in total. The summed E-state index contributed by atoms with van der Waals surface area (Å²) in [6.07, 6.45) is 1.05. The largest absolute Gasteiger partial charge is 0.497 e. The lowest BCUT2D eigenvalue weighted by Gasteiger charge is -2.15. The highest BCUT2D eigenvalue weighted by molar-refractivity contribution is 7.92. The standard InChI is InChI=1S/C18H22N2O5S/c1-13(12-25-17-9-7-16(24-2)8-10-17)19-18(21)14-5-4-6-15(11-14)20-26(3,22)23/h4-11,13,20H,12H2,1-3H3,(H,19,21)/t13-/m0/s1. The van der Waals surface area contributed by atoms with Crippen molar-refractivity contribution in [3.05, 3.63) is 54.1 Å². The maximum atomic E-state index is 12.3. The molecule has 0 saturated carbocycles. The SMILES string of the molecule is COc1ccc(OC[C@H](C)NC(=O)c2cccc(NS(C)(=O)=O)c2)cc1. The van der Waals surface area contributed by atoms with Gasteiger partial charge in [-0.1, -0.05) is 6.07 Å². The second-order valence-electron chi connectivity index (χ2n) is 5.82. The number of sulfonamides is 1. The zero-order chi connectivity index (χ0) is 19.2. The maximum absolute atomic E-state index is 12.3. The Morgan fingerprint density at radius 2 is 1.77 bits per heavy atom. The van der Waals surface area contributed by atoms with E-state index in [0.717, 1.165) is 12.0 Å². The zero-order valence-corrected chi connectivity index (χ0v) is 15.7. The Morgan fingerprint density at radius 1 is 1.12 bits per heavy atom. The number of hydrogen-bond donors (Lipinski definition) is 2. The van der Waals surface area contributed by atoms with Crippen molar-refractivity contribution in [2.75, 3.05) is 24.7 Å². The average Bonchev–Trinajstić information content (AvgIpc) is 2.59. The Hall–Kier alpha value is -2.74. The topological polar surface area (TPSA) is 93.7 Å². The van der Waals surface area contributed by atoms with E-state index in [-0.39, 0.29) is 11.9 Å². The summed E-state index contributed by atoms with van der Waals surface area (Å²) in [5.74, 6) is 1.10. The first kappa shape index (κ1) is 19.6. The molecule has 2 aromatic carbocycles. The Balaban J connectivity index is 1.90. The van der Waals surface area contributed by atoms with Crippen LogP contribution in [0.25, 0.3) is 0 Å². The third-order valence-electron chi connectivity index (χ3n) is 3.36. The van der Waals surface area contributed by atoms with Gasteiger partial charge in [-0.2, -0.15) is 0 Å². The number of carbonyl (C=O) groups excluding carboxylic acids is 1. The van der Waals surface area contributed by atoms with Crippen LogP contribution in [0.4, 0.5) is 5.69 Å². The van der Waals surface area contributed by atoms with E-state index in [0.29, 0.717) is 23.6 Å². The number of methoxy groups -OCH3 is 1. The molecule has 140 valence electrons. The predicted molar refractivity (Wildman–Crippen MR) is 100 cm³/mol. The van der Waals surface area contributed by atoms with Crippen molar-refractivity contribution in [2.45, 2.75) is 13.0 Å². The molecule has 0 heterocycles. The molecule has 0 aromatic heterocycles. The van der Waals surface area contributed by atoms with Crippen LogP contribution in [0, 0.1) is 0 Å². The first-order valence-electron chi connectivity index (χ1n) is 7.92. The van der Waals surface area contributed by atoms with Crippen molar-refractivity contribution in [3.8, 4) is 11.5 Å². The van der Waals surface area contributed by atoms with Gasteiger partial charge in [0.1, 0.15) is 18.1 Å². The molecular weight excluding hydrogens is 356 g/mol. The van der Waals surface area contributed by atoms with Gasteiger partial charge in [-0.15, -0.1) is 0 Å². The molecule has 26 heavy (non-hydrogen) atoms. The van der Waals surface area contributed by atoms with Crippen LogP contribution in [0.15, 0.2) is 48.5 Å². The summed E-state index contributed by atoms with van der Waals surface area (Å²) in [5.41, 5.74) is 0.692. The van der Waals surface area contributed by atoms with E-state index in [2.05, 4.69) is 10.0 Å². The van der Waals surface area contributed by atoms with Gasteiger partial charge in [-0.3, -0.25) is 9.52 Å². The van der Waals surface area contributed by atoms with Crippen LogP contribution < -0.4 is 19.5 Å². The summed E-state index contributed by atoms with van der Waals surface area (Å²) < 4.78 is 35.6. The molecule has 1 amide bonds. The number of anilines is 1. The van der Waals surface area contributed by atoms with Crippen molar-refractivity contribution < 1.29 is 22.7 Å². The fraction of sp³-hybridized carbons (Fsp3) is 0.278. The van der Waals surface area contributed by atoms with Crippen LogP contribution in [0.2, 0.25) is 0 Å². The molecule has 0 unspecified atom stereocenters. The molecule has 2 N–H and O–H groups in total. The minimum Gasteiger partial charge on any atom is -0.497 e. The minimum absolute atomic E-state index is 0.240. The fourth-order valence-electron chi connectivity index (χ4n) is 2.18. The highest BCUT2D eigenvalue weighted by Gasteiger charge is 2.12. The van der Waals surface area contributed by atoms with E-state index < -0.39 is 10.0 Å². The van der Waals surface area contributed by atoms with Gasteiger partial charge in [-0.05, 0) is 49.4 Å². The summed E-state index contributed by atoms with van der Waals surface area (Å²) in [4.78, 5) is 12.3. The van der Waals surface area contributed by atoms with Crippen molar-refractivity contribution in [1.82, 2.24) is 5.32 Å². The molecule has 0 saturated heterocycles. The first-order chi connectivity index (χ1) is 12.3. The fourth-order valence-corrected chi connectivity index (χ4v) is 2.74. The summed E-state index contributed by atoms with van der Waals surface area (Å²) in [6.45, 7) is 2.11. The van der Waals surface area contributed by atoms with Crippen molar-refractivity contribution in [1.29, 1.82) is 0 Å². The van der Waals surface area contributed by atoms with Gasteiger partial charge in [0.05, 0.1) is 19.4 Å². The third-order valence-corrected chi connectivity index (χ3v) is 3.97. The van der Waals surface area contributed by atoms with Crippen LogP contribution in [-0.2, 0) is 10.0 Å². The Kier molecular flexibility index (Phi) is 6.46. The van der Waals surface area contributed by atoms with Gasteiger partial charge >= 0.3 is 0 Å². The van der Waals surface area contributed by atoms with Crippen molar-refractivity contribution >= 4 is 21.6 Å². The second kappa shape index (κ2) is 8.57. The van der Waals surface area contributed by atoms with Gasteiger partial charge in [-0.25, -0.2) is 8.42 Å². The normalized spacial score (nSPS) is 12.1. The number of carbonyl (C=O) groups is 1. The number of hydrogen-bond acceptors (Lipinski definition) is 5. The molecular formula is C18H22N2O5S. The van der Waals surface area contributed by atoms with Crippen LogP contribution in [0.3, 0.4) is 0 Å². The van der Waals surface area contributed by atoms with E-state index >= 15 is 0 Å². The summed E-state index contributed by atoms with van der Waals surface area (Å²) in [7, 11) is -1.81. The van der Waals surface area contributed by atoms with Gasteiger partial charge < -0.3 is 14.8 Å². The predicted octanol–water partition coefficient (Wildman–Crippen LogP) is 2.26. The van der Waals surface area contributed by atoms with Crippen LogP contribution >= 0.6 is 0 Å². The van der Waals surface area contributed by atoms with Crippen LogP contribution in [0.5, 0.6) is 11.5 Å². The second-order valence-corrected chi connectivity index (χ2v) is 7.56. The van der Waals surface area contributed by atoms with Gasteiger partial charge in [0.2, 0.25) is 10.0 Å². The summed E-state index contributed by atoms with van der Waals surface area (Å²) >= 11 is 0. The molecule has 8 heteroatoms.